The topological polar surface area (TPSA) is 21.7 Å². The van der Waals surface area contributed by atoms with Crippen LogP contribution < -0.4 is 0 Å². The third kappa shape index (κ3) is 3.69. The molecule has 0 aromatic rings. The molecule has 1 atom stereocenters. The van der Waals surface area contributed by atoms with E-state index in [0.29, 0.717) is 0 Å². The molecule has 84 valence electrons. The molecule has 1 saturated heterocycles. The van der Waals surface area contributed by atoms with E-state index in [0.717, 1.165) is 19.5 Å². The molecule has 0 aromatic carbocycles. The highest BCUT2D eigenvalue weighted by atomic mass is 28.4. The second-order valence-electron chi connectivity index (χ2n) is 4.42. The lowest BCUT2D eigenvalue weighted by molar-refractivity contribution is -0.258. The normalized spacial score (nSPS) is 26.8. The molecule has 1 fully saturated rings. The number of rotatable bonds is 4. The maximum absolute atomic E-state index is 5.98. The van der Waals surface area contributed by atoms with E-state index in [4.69, 9.17) is 9.26 Å². The van der Waals surface area contributed by atoms with Crippen LogP contribution in [0.4, 0.5) is 0 Å². The number of hydrogen-bond acceptors (Lipinski definition) is 3. The lowest BCUT2D eigenvalue weighted by atomic mass is 10.3. The van der Waals surface area contributed by atoms with Crippen molar-refractivity contribution in [2.75, 3.05) is 13.1 Å². The van der Waals surface area contributed by atoms with Crippen molar-refractivity contribution >= 4 is 8.32 Å². The molecular weight excluding hydrogens is 194 g/mol. The fourth-order valence-corrected chi connectivity index (χ4v) is 3.83. The Morgan fingerprint density at radius 1 is 1.36 bits per heavy atom. The van der Waals surface area contributed by atoms with Crippen molar-refractivity contribution < 1.29 is 9.26 Å². The molecule has 0 amide bonds. The fourth-order valence-electron chi connectivity index (χ4n) is 1.78. The third-order valence-corrected chi connectivity index (χ3v) is 5.10. The van der Waals surface area contributed by atoms with Crippen molar-refractivity contribution in [1.82, 2.24) is 5.06 Å². The Morgan fingerprint density at radius 2 is 2.00 bits per heavy atom. The molecule has 0 aliphatic carbocycles. The molecule has 0 N–H and O–H groups in total. The van der Waals surface area contributed by atoms with E-state index in [2.05, 4.69) is 26.9 Å². The van der Waals surface area contributed by atoms with E-state index in [9.17, 15) is 0 Å². The molecule has 1 unspecified atom stereocenters. The van der Waals surface area contributed by atoms with Gasteiger partial charge < -0.3 is 4.43 Å². The van der Waals surface area contributed by atoms with Crippen LogP contribution in [0, 0.1) is 0 Å². The molecule has 0 radical (unpaired) electrons. The first-order valence-electron chi connectivity index (χ1n) is 5.67. The molecule has 4 heteroatoms. The highest BCUT2D eigenvalue weighted by molar-refractivity contribution is 6.71. The van der Waals surface area contributed by atoms with Crippen LogP contribution in [-0.4, -0.2) is 32.8 Å². The molecule has 0 spiro atoms. The first-order valence-corrected chi connectivity index (χ1v) is 8.78. The second-order valence-corrected chi connectivity index (χ2v) is 8.67. The molecule has 0 saturated carbocycles. The Hall–Kier alpha value is 0.0969. The van der Waals surface area contributed by atoms with Crippen molar-refractivity contribution in [1.29, 1.82) is 0 Å². The van der Waals surface area contributed by atoms with Crippen molar-refractivity contribution in [3.05, 3.63) is 0 Å². The summed E-state index contributed by atoms with van der Waals surface area (Å²) in [5.74, 6) is 0. The largest absolute Gasteiger partial charge is 0.392 e. The van der Waals surface area contributed by atoms with Gasteiger partial charge in [0.1, 0.15) is 0 Å². The van der Waals surface area contributed by atoms with Gasteiger partial charge in [0.15, 0.2) is 14.6 Å². The minimum absolute atomic E-state index is 0.0188. The van der Waals surface area contributed by atoms with E-state index in [1.54, 1.807) is 0 Å². The van der Waals surface area contributed by atoms with Crippen LogP contribution in [0.2, 0.25) is 19.1 Å². The van der Waals surface area contributed by atoms with Gasteiger partial charge in [-0.3, -0.25) is 4.84 Å². The van der Waals surface area contributed by atoms with Gasteiger partial charge in [0, 0.05) is 13.1 Å². The van der Waals surface area contributed by atoms with Crippen LogP contribution in [0.3, 0.4) is 0 Å². The molecule has 3 nitrogen and oxygen atoms in total. The Kier molecular flexibility index (Phi) is 4.57. The lowest BCUT2D eigenvalue weighted by Crippen LogP contribution is -2.43. The molecule has 1 aliphatic rings. The van der Waals surface area contributed by atoms with E-state index < -0.39 is 8.32 Å². The SMILES string of the molecule is CCN(CC)OC1CCC[Si](C)(C)O1. The van der Waals surface area contributed by atoms with Gasteiger partial charge in [0.05, 0.1) is 0 Å². The molecule has 0 bridgehead atoms. The minimum Gasteiger partial charge on any atom is -0.392 e. The maximum atomic E-state index is 5.98. The van der Waals surface area contributed by atoms with Crippen molar-refractivity contribution in [3.63, 3.8) is 0 Å². The van der Waals surface area contributed by atoms with Gasteiger partial charge in [0.2, 0.25) is 0 Å². The van der Waals surface area contributed by atoms with Gasteiger partial charge >= 0.3 is 0 Å². The van der Waals surface area contributed by atoms with Crippen molar-refractivity contribution in [3.8, 4) is 0 Å². The van der Waals surface area contributed by atoms with E-state index in [-0.39, 0.29) is 6.29 Å². The second kappa shape index (κ2) is 5.26. The summed E-state index contributed by atoms with van der Waals surface area (Å²) in [5, 5.41) is 1.97. The Balaban J connectivity index is 2.37. The summed E-state index contributed by atoms with van der Waals surface area (Å²) in [4.78, 5) is 5.77. The van der Waals surface area contributed by atoms with Crippen LogP contribution >= 0.6 is 0 Å². The first kappa shape index (κ1) is 12.2. The summed E-state index contributed by atoms with van der Waals surface area (Å²) in [5.41, 5.74) is 0. The molecule has 1 heterocycles. The highest BCUT2D eigenvalue weighted by Gasteiger charge is 2.32. The third-order valence-electron chi connectivity index (χ3n) is 2.64. The van der Waals surface area contributed by atoms with Gasteiger partial charge in [-0.25, -0.2) is 0 Å². The van der Waals surface area contributed by atoms with Gasteiger partial charge in [-0.05, 0) is 32.0 Å². The zero-order valence-electron chi connectivity index (χ0n) is 9.88. The Labute approximate surface area is 88.5 Å². The average Bonchev–Trinajstić information content (AvgIpc) is 2.12. The molecule has 1 aliphatic heterocycles. The van der Waals surface area contributed by atoms with Crippen LogP contribution in [0.15, 0.2) is 0 Å². The van der Waals surface area contributed by atoms with Gasteiger partial charge in [0.25, 0.3) is 0 Å². The Morgan fingerprint density at radius 3 is 2.50 bits per heavy atom. The molecular formula is C10H23NO2Si. The number of hydroxylamine groups is 2. The average molecular weight is 217 g/mol. The number of hydrogen-bond donors (Lipinski definition) is 0. The predicted molar refractivity (Wildman–Crippen MR) is 60.4 cm³/mol. The van der Waals surface area contributed by atoms with Gasteiger partial charge in [-0.15, -0.1) is 0 Å². The summed E-state index contributed by atoms with van der Waals surface area (Å²) >= 11 is 0. The van der Waals surface area contributed by atoms with E-state index >= 15 is 0 Å². The molecule has 14 heavy (non-hydrogen) atoms. The van der Waals surface area contributed by atoms with Gasteiger partial charge in [-0.1, -0.05) is 13.8 Å². The van der Waals surface area contributed by atoms with Crippen molar-refractivity contribution in [2.45, 2.75) is 52.1 Å². The zero-order valence-corrected chi connectivity index (χ0v) is 10.9. The molecule has 0 aromatic heterocycles. The van der Waals surface area contributed by atoms with Crippen LogP contribution in [0.5, 0.6) is 0 Å². The summed E-state index contributed by atoms with van der Waals surface area (Å²) in [6, 6.07) is 1.27. The number of nitrogens with zero attached hydrogens (tertiary/aromatic N) is 1. The predicted octanol–water partition coefficient (Wildman–Crippen LogP) is 2.60. The van der Waals surface area contributed by atoms with Crippen molar-refractivity contribution in [2.24, 2.45) is 0 Å². The monoisotopic (exact) mass is 217 g/mol. The van der Waals surface area contributed by atoms with E-state index in [1.165, 1.54) is 12.5 Å². The quantitative estimate of drug-likeness (QED) is 0.534. The van der Waals surface area contributed by atoms with Crippen LogP contribution in [0.25, 0.3) is 0 Å². The standard InChI is InChI=1S/C10H23NO2Si/c1-5-11(6-2)12-10-8-7-9-14(3,4)13-10/h10H,5-9H2,1-4H3. The van der Waals surface area contributed by atoms with Gasteiger partial charge in [-0.2, -0.15) is 5.06 Å². The zero-order chi connectivity index (χ0) is 10.6. The smallest absolute Gasteiger partial charge is 0.190 e. The van der Waals surface area contributed by atoms with E-state index in [1.807, 2.05) is 5.06 Å². The van der Waals surface area contributed by atoms with Crippen LogP contribution in [-0.2, 0) is 9.26 Å². The van der Waals surface area contributed by atoms with Crippen LogP contribution in [0.1, 0.15) is 26.7 Å². The maximum Gasteiger partial charge on any atom is 0.190 e. The first-order chi connectivity index (χ1) is 6.57. The lowest BCUT2D eigenvalue weighted by Gasteiger charge is -2.36. The highest BCUT2D eigenvalue weighted by Crippen LogP contribution is 2.26. The Bertz CT molecular complexity index is 172. The minimum atomic E-state index is -1.40. The molecule has 1 rings (SSSR count). The summed E-state index contributed by atoms with van der Waals surface area (Å²) in [6.07, 6.45) is 2.32. The summed E-state index contributed by atoms with van der Waals surface area (Å²) < 4.78 is 5.98. The fraction of sp³-hybridized carbons (Fsp3) is 1.00. The summed E-state index contributed by atoms with van der Waals surface area (Å²) in [7, 11) is -1.40. The summed E-state index contributed by atoms with van der Waals surface area (Å²) in [6.45, 7) is 10.6.